The van der Waals surface area contributed by atoms with Crippen molar-refractivity contribution in [2.75, 3.05) is 59.0 Å². The van der Waals surface area contributed by atoms with Crippen LogP contribution < -0.4 is 5.32 Å². The molecule has 2 aliphatic heterocycles. The molecule has 0 aromatic heterocycles. The molecule has 0 spiro atoms. The smallest absolute Gasteiger partial charge is 0.193 e. The minimum atomic E-state index is 0. The number of piperidine rings is 1. The van der Waals surface area contributed by atoms with Crippen LogP contribution in [0.2, 0.25) is 0 Å². The fraction of sp³-hybridized carbons (Fsp3) is 0.696. The Morgan fingerprint density at radius 1 is 1.07 bits per heavy atom. The monoisotopic (exact) mass is 514 g/mol. The summed E-state index contributed by atoms with van der Waals surface area (Å²) in [7, 11) is 0. The molecule has 5 nitrogen and oxygen atoms in total. The Morgan fingerprint density at radius 2 is 1.79 bits per heavy atom. The molecule has 0 atom stereocenters. The third kappa shape index (κ3) is 8.80. The summed E-state index contributed by atoms with van der Waals surface area (Å²) in [6, 6.07) is 10.9. The number of hydrogen-bond acceptors (Lipinski definition) is 3. The number of morpholine rings is 1. The Hall–Kier alpha value is -0.860. The molecule has 6 heteroatoms. The van der Waals surface area contributed by atoms with Crippen LogP contribution in [0.4, 0.5) is 0 Å². The first-order valence-corrected chi connectivity index (χ1v) is 11.2. The van der Waals surface area contributed by atoms with Gasteiger partial charge in [0.25, 0.3) is 0 Å². The highest BCUT2D eigenvalue weighted by atomic mass is 127. The van der Waals surface area contributed by atoms with Crippen molar-refractivity contribution in [2.24, 2.45) is 10.9 Å². The molecule has 164 valence electrons. The Kier molecular flexibility index (Phi) is 12.0. The first-order chi connectivity index (χ1) is 13.8. The summed E-state index contributed by atoms with van der Waals surface area (Å²) in [4.78, 5) is 9.89. The van der Waals surface area contributed by atoms with Crippen molar-refractivity contribution in [1.29, 1.82) is 0 Å². The Labute approximate surface area is 194 Å². The summed E-state index contributed by atoms with van der Waals surface area (Å²) in [5.41, 5.74) is 1.47. The second kappa shape index (κ2) is 14.2. The lowest BCUT2D eigenvalue weighted by molar-refractivity contribution is 0.0373. The number of hydrogen-bond donors (Lipinski definition) is 1. The van der Waals surface area contributed by atoms with Gasteiger partial charge < -0.3 is 15.0 Å². The van der Waals surface area contributed by atoms with Gasteiger partial charge in [0.05, 0.1) is 13.2 Å². The zero-order valence-corrected chi connectivity index (χ0v) is 20.4. The van der Waals surface area contributed by atoms with E-state index < -0.39 is 0 Å². The van der Waals surface area contributed by atoms with E-state index in [0.717, 1.165) is 70.8 Å². The van der Waals surface area contributed by atoms with Gasteiger partial charge in [-0.05, 0) is 57.1 Å². The zero-order chi connectivity index (χ0) is 19.4. The van der Waals surface area contributed by atoms with Gasteiger partial charge in [-0.2, -0.15) is 0 Å². The molecule has 0 bridgehead atoms. The van der Waals surface area contributed by atoms with Crippen molar-refractivity contribution in [3.05, 3.63) is 35.9 Å². The minimum absolute atomic E-state index is 0. The van der Waals surface area contributed by atoms with Gasteiger partial charge >= 0.3 is 0 Å². The number of rotatable bonds is 8. The molecular weight excluding hydrogens is 475 g/mol. The molecule has 1 N–H and O–H groups in total. The van der Waals surface area contributed by atoms with Gasteiger partial charge in [0.15, 0.2) is 5.96 Å². The Morgan fingerprint density at radius 3 is 2.48 bits per heavy atom. The summed E-state index contributed by atoms with van der Waals surface area (Å²) in [6.07, 6.45) is 6.12. The Balaban J connectivity index is 0.00000300. The molecule has 0 saturated carbocycles. The van der Waals surface area contributed by atoms with Crippen molar-refractivity contribution >= 4 is 29.9 Å². The standard InChI is InChI=1S/C23H38N4O.HI/c1-2-24-23(25-12-6-7-13-26-16-18-28-19-17-26)27-14-10-22(11-15-27)20-21-8-4-3-5-9-21;/h3-5,8-9,22H,2,6-7,10-20H2,1H3,(H,24,25);1H. The van der Waals surface area contributed by atoms with Gasteiger partial charge in [0, 0.05) is 39.3 Å². The molecule has 0 aliphatic carbocycles. The topological polar surface area (TPSA) is 40.1 Å². The van der Waals surface area contributed by atoms with E-state index in [9.17, 15) is 0 Å². The molecular formula is C23H39IN4O. The van der Waals surface area contributed by atoms with Crippen molar-refractivity contribution in [2.45, 2.75) is 39.0 Å². The average Bonchev–Trinajstić information content (AvgIpc) is 2.75. The van der Waals surface area contributed by atoms with Gasteiger partial charge in [-0.1, -0.05) is 30.3 Å². The normalized spacial score (nSPS) is 19.1. The summed E-state index contributed by atoms with van der Waals surface area (Å²) in [5, 5.41) is 3.51. The van der Waals surface area contributed by atoms with Crippen molar-refractivity contribution in [3.63, 3.8) is 0 Å². The van der Waals surface area contributed by atoms with Gasteiger partial charge in [0.1, 0.15) is 0 Å². The summed E-state index contributed by atoms with van der Waals surface area (Å²) < 4.78 is 5.42. The van der Waals surface area contributed by atoms with E-state index in [1.165, 1.54) is 37.8 Å². The van der Waals surface area contributed by atoms with Gasteiger partial charge in [-0.3, -0.25) is 9.89 Å². The molecule has 0 amide bonds. The molecule has 2 aliphatic rings. The van der Waals surface area contributed by atoms with Crippen LogP contribution >= 0.6 is 24.0 Å². The van der Waals surface area contributed by atoms with E-state index in [4.69, 9.17) is 9.73 Å². The summed E-state index contributed by atoms with van der Waals surface area (Å²) in [5.74, 6) is 1.92. The highest BCUT2D eigenvalue weighted by molar-refractivity contribution is 14.0. The van der Waals surface area contributed by atoms with Crippen LogP contribution in [0.5, 0.6) is 0 Å². The average molecular weight is 514 g/mol. The van der Waals surface area contributed by atoms with Gasteiger partial charge in [-0.15, -0.1) is 24.0 Å². The van der Waals surface area contributed by atoms with Crippen molar-refractivity contribution in [3.8, 4) is 0 Å². The fourth-order valence-electron chi connectivity index (χ4n) is 4.18. The molecule has 2 saturated heterocycles. The third-order valence-corrected chi connectivity index (χ3v) is 5.86. The second-order valence-corrected chi connectivity index (χ2v) is 8.02. The molecule has 1 aromatic carbocycles. The maximum Gasteiger partial charge on any atom is 0.193 e. The van der Waals surface area contributed by atoms with Crippen LogP contribution in [0.1, 0.15) is 38.2 Å². The molecule has 29 heavy (non-hydrogen) atoms. The number of nitrogens with one attached hydrogen (secondary N) is 1. The predicted octanol–water partition coefficient (Wildman–Crippen LogP) is 3.64. The van der Waals surface area contributed by atoms with Crippen LogP contribution in [0.3, 0.4) is 0 Å². The molecule has 2 heterocycles. The van der Waals surface area contributed by atoms with Crippen LogP contribution in [-0.2, 0) is 11.2 Å². The van der Waals surface area contributed by atoms with Crippen molar-refractivity contribution < 1.29 is 4.74 Å². The first kappa shape index (κ1) is 24.4. The fourth-order valence-corrected chi connectivity index (χ4v) is 4.18. The lowest BCUT2D eigenvalue weighted by Gasteiger charge is -2.34. The number of halogens is 1. The number of likely N-dealkylation sites (tertiary alicyclic amines) is 1. The molecule has 3 rings (SSSR count). The van der Waals surface area contributed by atoms with E-state index in [2.05, 4.69) is 52.4 Å². The Bertz CT molecular complexity index is 570. The van der Waals surface area contributed by atoms with Crippen LogP contribution in [0.25, 0.3) is 0 Å². The van der Waals surface area contributed by atoms with Gasteiger partial charge in [0.2, 0.25) is 0 Å². The number of benzene rings is 1. The molecule has 0 radical (unpaired) electrons. The number of ether oxygens (including phenoxy) is 1. The maximum absolute atomic E-state index is 5.42. The number of aliphatic imine (C=N–C) groups is 1. The number of nitrogens with zero attached hydrogens (tertiary/aromatic N) is 3. The molecule has 1 aromatic rings. The van der Waals surface area contributed by atoms with E-state index in [1.807, 2.05) is 0 Å². The lowest BCUT2D eigenvalue weighted by atomic mass is 9.90. The van der Waals surface area contributed by atoms with Crippen molar-refractivity contribution in [1.82, 2.24) is 15.1 Å². The quantitative estimate of drug-likeness (QED) is 0.249. The summed E-state index contributed by atoms with van der Waals surface area (Å²) in [6.45, 7) is 11.4. The molecule has 0 unspecified atom stereocenters. The second-order valence-electron chi connectivity index (χ2n) is 8.02. The van der Waals surface area contributed by atoms with E-state index in [1.54, 1.807) is 0 Å². The number of unbranched alkanes of at least 4 members (excludes halogenated alkanes) is 1. The van der Waals surface area contributed by atoms with E-state index >= 15 is 0 Å². The van der Waals surface area contributed by atoms with E-state index in [0.29, 0.717) is 0 Å². The zero-order valence-electron chi connectivity index (χ0n) is 18.0. The SMILES string of the molecule is CCNC(=NCCCCN1CCOCC1)N1CCC(Cc2ccccc2)CC1.I. The maximum atomic E-state index is 5.42. The predicted molar refractivity (Wildman–Crippen MR) is 132 cm³/mol. The van der Waals surface area contributed by atoms with Gasteiger partial charge in [-0.25, -0.2) is 0 Å². The molecule has 2 fully saturated rings. The van der Waals surface area contributed by atoms with E-state index in [-0.39, 0.29) is 24.0 Å². The third-order valence-electron chi connectivity index (χ3n) is 5.86. The van der Waals surface area contributed by atoms with Crippen LogP contribution in [0, 0.1) is 5.92 Å². The van der Waals surface area contributed by atoms with Crippen LogP contribution in [0.15, 0.2) is 35.3 Å². The lowest BCUT2D eigenvalue weighted by Crippen LogP contribution is -2.46. The highest BCUT2D eigenvalue weighted by Gasteiger charge is 2.21. The highest BCUT2D eigenvalue weighted by Crippen LogP contribution is 2.21. The largest absolute Gasteiger partial charge is 0.379 e. The summed E-state index contributed by atoms with van der Waals surface area (Å²) >= 11 is 0. The number of guanidine groups is 1. The van der Waals surface area contributed by atoms with Crippen LogP contribution in [-0.4, -0.2) is 74.8 Å². The first-order valence-electron chi connectivity index (χ1n) is 11.2. The minimum Gasteiger partial charge on any atom is -0.379 e.